The molecule has 0 spiro atoms. The second-order valence-electron chi connectivity index (χ2n) is 14.5. The summed E-state index contributed by atoms with van der Waals surface area (Å²) in [5, 5.41) is 6.32. The molecule has 1 aromatic rings. The van der Waals surface area contributed by atoms with Gasteiger partial charge in [0.1, 0.15) is 6.04 Å². The Morgan fingerprint density at radius 1 is 0.955 bits per heavy atom. The van der Waals surface area contributed by atoms with Crippen LogP contribution in [0.2, 0.25) is 0 Å². The fourth-order valence-electron chi connectivity index (χ4n) is 6.21. The van der Waals surface area contributed by atoms with E-state index in [1.54, 1.807) is 37.2 Å². The van der Waals surface area contributed by atoms with Crippen molar-refractivity contribution in [2.45, 2.75) is 117 Å². The third-order valence-corrected chi connectivity index (χ3v) is 10.5. The molecule has 10 heteroatoms. The summed E-state index contributed by atoms with van der Waals surface area (Å²) < 4.78 is 27.7. The van der Waals surface area contributed by atoms with E-state index >= 15 is 0 Å². The highest BCUT2D eigenvalue weighted by Gasteiger charge is 2.44. The summed E-state index contributed by atoms with van der Waals surface area (Å²) in [5.41, 5.74) is 0.162. The number of carbonyl (C=O) groups is 3. The van der Waals surface area contributed by atoms with E-state index in [9.17, 15) is 22.8 Å². The highest BCUT2D eigenvalue weighted by atomic mass is 32.2. The van der Waals surface area contributed by atoms with Gasteiger partial charge in [0, 0.05) is 12.6 Å². The van der Waals surface area contributed by atoms with Crippen LogP contribution in [0.5, 0.6) is 0 Å². The molecule has 248 valence electrons. The normalized spacial score (nSPS) is 17.5. The van der Waals surface area contributed by atoms with E-state index in [0.29, 0.717) is 5.92 Å². The summed E-state index contributed by atoms with van der Waals surface area (Å²) in [4.78, 5) is 42.4. The van der Waals surface area contributed by atoms with Crippen LogP contribution in [0, 0.1) is 29.6 Å². The molecule has 3 atom stereocenters. The molecule has 0 saturated heterocycles. The molecule has 1 aliphatic carbocycles. The number of carbonyl (C=O) groups excluding carboxylic acids is 3. The lowest BCUT2D eigenvalue weighted by atomic mass is 9.66. The smallest absolute Gasteiger partial charge is 0.264 e. The number of rotatable bonds is 12. The van der Waals surface area contributed by atoms with Crippen molar-refractivity contribution in [1.29, 1.82) is 0 Å². The van der Waals surface area contributed by atoms with Crippen molar-refractivity contribution in [2.24, 2.45) is 22.7 Å². The molecule has 0 aliphatic heterocycles. The predicted octanol–water partition coefficient (Wildman–Crippen LogP) is 4.95. The largest absolute Gasteiger partial charge is 0.342 e. The van der Waals surface area contributed by atoms with Crippen LogP contribution in [0.1, 0.15) is 93.1 Å². The summed E-state index contributed by atoms with van der Waals surface area (Å²) in [6.45, 7) is 17.2. The van der Waals surface area contributed by atoms with Gasteiger partial charge < -0.3 is 15.5 Å². The number of sulfonamides is 1. The van der Waals surface area contributed by atoms with Crippen molar-refractivity contribution in [3.63, 3.8) is 0 Å². The summed E-state index contributed by atoms with van der Waals surface area (Å²) in [6, 6.07) is 4.39. The molecular formula is C34H56N4O5S. The summed E-state index contributed by atoms with van der Waals surface area (Å²) in [5.74, 6) is -0.957. The lowest BCUT2D eigenvalue weighted by Gasteiger charge is -2.43. The van der Waals surface area contributed by atoms with E-state index in [-0.39, 0.29) is 33.6 Å². The van der Waals surface area contributed by atoms with E-state index in [0.717, 1.165) is 18.4 Å². The van der Waals surface area contributed by atoms with Gasteiger partial charge in [0.2, 0.25) is 11.8 Å². The molecule has 0 radical (unpaired) electrons. The maximum absolute atomic E-state index is 14.1. The minimum atomic E-state index is -4.07. The molecule has 44 heavy (non-hydrogen) atoms. The highest BCUT2D eigenvalue weighted by molar-refractivity contribution is 7.90. The highest BCUT2D eigenvalue weighted by Crippen LogP contribution is 2.41. The molecule has 0 aromatic heterocycles. The number of nitrogens with one attached hydrogen (secondary N) is 3. The van der Waals surface area contributed by atoms with Gasteiger partial charge in [-0.05, 0) is 68.5 Å². The van der Waals surface area contributed by atoms with Crippen molar-refractivity contribution in [3.05, 3.63) is 41.5 Å². The molecule has 3 amide bonds. The van der Waals surface area contributed by atoms with Crippen LogP contribution in [0.15, 0.2) is 40.8 Å². The second kappa shape index (κ2) is 15.0. The lowest BCUT2D eigenvalue weighted by Crippen LogP contribution is -2.61. The molecule has 0 heterocycles. The summed E-state index contributed by atoms with van der Waals surface area (Å²) >= 11 is 0. The Kier molecular flexibility index (Phi) is 12.8. The van der Waals surface area contributed by atoms with Crippen LogP contribution in [-0.4, -0.2) is 63.3 Å². The van der Waals surface area contributed by atoms with Crippen LogP contribution >= 0.6 is 0 Å². The molecule has 1 fully saturated rings. The molecule has 1 aromatic carbocycles. The van der Waals surface area contributed by atoms with E-state index in [1.807, 2.05) is 41.5 Å². The summed E-state index contributed by atoms with van der Waals surface area (Å²) in [6.07, 6.45) is 7.35. The van der Waals surface area contributed by atoms with E-state index in [2.05, 4.69) is 29.2 Å². The van der Waals surface area contributed by atoms with Gasteiger partial charge >= 0.3 is 0 Å². The van der Waals surface area contributed by atoms with Gasteiger partial charge in [-0.15, -0.1) is 0 Å². The first-order valence-corrected chi connectivity index (χ1v) is 17.3. The molecule has 0 bridgehead atoms. The van der Waals surface area contributed by atoms with E-state index in [4.69, 9.17) is 0 Å². The standard InChI is InChI=1S/C34H56N4O5S/c1-22(2)27(21-24(4)30(39)37-44(42,43)26-19-17-23(3)18-20-26)38(11)32(41)29(33(5,6)7)36-31(40)28(35-10)34(8,9)25-15-13-12-14-16-25/h17-22,25,27-29,35H,12-16H2,1-11H3,(H,36,40)(H,37,39). The van der Waals surface area contributed by atoms with Crippen LogP contribution in [0.25, 0.3) is 0 Å². The number of nitrogens with zero attached hydrogens (tertiary/aromatic N) is 1. The predicted molar refractivity (Wildman–Crippen MR) is 176 cm³/mol. The Morgan fingerprint density at radius 3 is 1.98 bits per heavy atom. The van der Waals surface area contributed by atoms with Crippen molar-refractivity contribution in [3.8, 4) is 0 Å². The van der Waals surface area contributed by atoms with E-state index < -0.39 is 39.5 Å². The third-order valence-electron chi connectivity index (χ3n) is 9.17. The minimum Gasteiger partial charge on any atom is -0.342 e. The average Bonchev–Trinajstić information content (AvgIpc) is 2.93. The lowest BCUT2D eigenvalue weighted by molar-refractivity contribution is -0.141. The van der Waals surface area contributed by atoms with Gasteiger partial charge in [-0.1, -0.05) is 91.5 Å². The zero-order valence-electron chi connectivity index (χ0n) is 28.7. The first-order chi connectivity index (χ1) is 20.2. The average molecular weight is 633 g/mol. The number of likely N-dealkylation sites (N-methyl/N-ethyl adjacent to an activating group) is 2. The minimum absolute atomic E-state index is 0.00717. The number of benzene rings is 1. The second-order valence-corrected chi connectivity index (χ2v) is 16.1. The van der Waals surface area contributed by atoms with Gasteiger partial charge in [-0.3, -0.25) is 14.4 Å². The Hall–Kier alpha value is -2.72. The number of hydrogen-bond donors (Lipinski definition) is 3. The Bertz CT molecular complexity index is 1290. The number of amides is 3. The SMILES string of the molecule is CNC(C(=O)NC(C(=O)N(C)C(C=C(C)C(=O)NS(=O)(=O)c1ccc(C)cc1)C(C)C)C(C)(C)C)C(C)(C)C1CCCCC1. The molecule has 1 aliphatic rings. The quantitative estimate of drug-likeness (QED) is 0.280. The van der Waals surface area contributed by atoms with Crippen molar-refractivity contribution < 1.29 is 22.8 Å². The Morgan fingerprint density at radius 2 is 1.50 bits per heavy atom. The molecule has 1 saturated carbocycles. The zero-order valence-corrected chi connectivity index (χ0v) is 29.5. The van der Waals surface area contributed by atoms with Gasteiger partial charge in [0.25, 0.3) is 15.9 Å². The van der Waals surface area contributed by atoms with Gasteiger partial charge in [0.05, 0.1) is 17.0 Å². The van der Waals surface area contributed by atoms with Gasteiger partial charge in [0.15, 0.2) is 0 Å². The van der Waals surface area contributed by atoms with Crippen LogP contribution in [-0.2, 0) is 24.4 Å². The monoisotopic (exact) mass is 632 g/mol. The topological polar surface area (TPSA) is 125 Å². The number of hydrogen-bond acceptors (Lipinski definition) is 6. The molecule has 3 unspecified atom stereocenters. The first kappa shape index (κ1) is 37.5. The van der Waals surface area contributed by atoms with E-state index in [1.165, 1.54) is 38.3 Å². The number of aryl methyl sites for hydroxylation is 1. The third kappa shape index (κ3) is 9.39. The van der Waals surface area contributed by atoms with Crippen molar-refractivity contribution in [2.75, 3.05) is 14.1 Å². The van der Waals surface area contributed by atoms with Crippen LogP contribution < -0.4 is 15.4 Å². The van der Waals surface area contributed by atoms with Crippen LogP contribution in [0.3, 0.4) is 0 Å². The molecular weight excluding hydrogens is 576 g/mol. The fourth-order valence-corrected chi connectivity index (χ4v) is 7.23. The molecule has 2 rings (SSSR count). The maximum Gasteiger partial charge on any atom is 0.264 e. The van der Waals surface area contributed by atoms with Gasteiger partial charge in [-0.2, -0.15) is 0 Å². The molecule has 9 nitrogen and oxygen atoms in total. The zero-order chi connectivity index (χ0) is 33.6. The first-order valence-electron chi connectivity index (χ1n) is 15.8. The summed E-state index contributed by atoms with van der Waals surface area (Å²) in [7, 11) is -0.616. The molecule has 3 N–H and O–H groups in total. The van der Waals surface area contributed by atoms with Crippen molar-refractivity contribution >= 4 is 27.7 Å². The maximum atomic E-state index is 14.1. The van der Waals surface area contributed by atoms with Crippen LogP contribution in [0.4, 0.5) is 0 Å². The van der Waals surface area contributed by atoms with Crippen molar-refractivity contribution in [1.82, 2.24) is 20.3 Å². The van der Waals surface area contributed by atoms with Gasteiger partial charge in [-0.25, -0.2) is 13.1 Å². The Labute approximate surface area is 266 Å². The Balaban J connectivity index is 2.29. The fraction of sp³-hybridized carbons (Fsp3) is 0.676.